The Morgan fingerprint density at radius 3 is 1.92 bits per heavy atom. The standard InChI is InChI=1S/C7H18Si2.4CH4/c1-4-6-9(5-2)7-8-3;;;;/h4,9H,1,5-8H2,2-3H3;4*1H4. The average Bonchev–Trinajstić information content (AvgIpc) is 1.88. The first-order chi connectivity index (χ1) is 4.35. The van der Waals surface area contributed by atoms with Gasteiger partial charge in [0, 0.05) is 18.3 Å². The number of rotatable bonds is 5. The Labute approximate surface area is 92.3 Å². The lowest BCUT2D eigenvalue weighted by Gasteiger charge is -2.06. The highest BCUT2D eigenvalue weighted by molar-refractivity contribution is 6.69. The van der Waals surface area contributed by atoms with E-state index >= 15 is 0 Å². The molecule has 0 aromatic heterocycles. The van der Waals surface area contributed by atoms with Crippen LogP contribution in [0.1, 0.15) is 36.6 Å². The van der Waals surface area contributed by atoms with Gasteiger partial charge in [-0.25, -0.2) is 0 Å². The van der Waals surface area contributed by atoms with E-state index in [1.165, 1.54) is 12.1 Å². The highest BCUT2D eigenvalue weighted by Gasteiger charge is 2.02. The Morgan fingerprint density at radius 2 is 1.69 bits per heavy atom. The molecule has 0 saturated heterocycles. The monoisotopic (exact) mass is 222 g/mol. The molecule has 0 aliphatic heterocycles. The Hall–Kier alpha value is 0.174. The minimum absolute atomic E-state index is 0. The molecular formula is C11H34Si2. The SMILES string of the molecule is C.C.C.C.C=CC[SiH](CC)C[SiH2]C. The molecule has 0 fully saturated rings. The zero-order valence-electron chi connectivity index (χ0n) is 6.69. The molecule has 1 atom stereocenters. The Balaban J connectivity index is -0.0000000533. The molecule has 0 nitrogen and oxygen atoms in total. The van der Waals surface area contributed by atoms with Crippen molar-refractivity contribution in [3.8, 4) is 0 Å². The molecule has 86 valence electrons. The molecule has 0 saturated carbocycles. The van der Waals surface area contributed by atoms with Crippen molar-refractivity contribution in [2.45, 2.75) is 60.9 Å². The second kappa shape index (κ2) is 22.7. The van der Waals surface area contributed by atoms with Crippen molar-refractivity contribution < 1.29 is 0 Å². The molecule has 0 N–H and O–H groups in total. The summed E-state index contributed by atoms with van der Waals surface area (Å²) in [6, 6.07) is 2.85. The third-order valence-corrected chi connectivity index (χ3v) is 9.50. The fraction of sp³-hybridized carbons (Fsp3) is 0.818. The summed E-state index contributed by atoms with van der Waals surface area (Å²) in [7, 11) is 0.0799. The molecule has 0 amide bonds. The van der Waals surface area contributed by atoms with Crippen LogP contribution in [0.15, 0.2) is 12.7 Å². The predicted molar refractivity (Wildman–Crippen MR) is 78.8 cm³/mol. The van der Waals surface area contributed by atoms with Crippen LogP contribution in [0.4, 0.5) is 0 Å². The normalized spacial score (nSPS) is 10.0. The van der Waals surface area contributed by atoms with E-state index in [1.807, 2.05) is 0 Å². The van der Waals surface area contributed by atoms with Gasteiger partial charge in [-0.15, -0.1) is 6.58 Å². The van der Waals surface area contributed by atoms with Crippen LogP contribution in [0.5, 0.6) is 0 Å². The van der Waals surface area contributed by atoms with E-state index in [9.17, 15) is 0 Å². The van der Waals surface area contributed by atoms with Gasteiger partial charge in [0.1, 0.15) is 0 Å². The summed E-state index contributed by atoms with van der Waals surface area (Å²) in [4.78, 5) is 0. The molecule has 0 spiro atoms. The summed E-state index contributed by atoms with van der Waals surface area (Å²) in [5, 5.41) is 0. The minimum atomic E-state index is -0.269. The number of allylic oxidation sites excluding steroid dienone is 1. The number of hydrogen-bond donors (Lipinski definition) is 0. The van der Waals surface area contributed by atoms with E-state index in [-0.39, 0.29) is 38.5 Å². The topological polar surface area (TPSA) is 0 Å². The van der Waals surface area contributed by atoms with Crippen molar-refractivity contribution in [1.29, 1.82) is 0 Å². The zero-order valence-corrected chi connectivity index (χ0v) is 9.26. The maximum atomic E-state index is 3.78. The van der Waals surface area contributed by atoms with Crippen LogP contribution in [0.2, 0.25) is 24.3 Å². The van der Waals surface area contributed by atoms with Crippen molar-refractivity contribution in [3.63, 3.8) is 0 Å². The summed E-state index contributed by atoms with van der Waals surface area (Å²) < 4.78 is 0. The fourth-order valence-corrected chi connectivity index (χ4v) is 7.78. The van der Waals surface area contributed by atoms with Gasteiger partial charge in [0.2, 0.25) is 0 Å². The molecule has 1 unspecified atom stereocenters. The molecule has 0 radical (unpaired) electrons. The van der Waals surface area contributed by atoms with E-state index in [4.69, 9.17) is 0 Å². The summed E-state index contributed by atoms with van der Waals surface area (Å²) in [5.74, 6) is 0. The van der Waals surface area contributed by atoms with Crippen LogP contribution in [-0.4, -0.2) is 18.3 Å². The molecule has 0 aromatic carbocycles. The van der Waals surface area contributed by atoms with E-state index < -0.39 is 0 Å². The van der Waals surface area contributed by atoms with Crippen LogP contribution >= 0.6 is 0 Å². The molecule has 0 heterocycles. The molecule has 0 aliphatic rings. The van der Waals surface area contributed by atoms with Gasteiger partial charge >= 0.3 is 0 Å². The maximum absolute atomic E-state index is 3.78. The molecule has 0 rings (SSSR count). The first-order valence-corrected chi connectivity index (χ1v) is 8.82. The molecule has 0 bridgehead atoms. The van der Waals surface area contributed by atoms with Crippen LogP contribution in [0, 0.1) is 0 Å². The second-order valence-corrected chi connectivity index (χ2v) is 8.92. The van der Waals surface area contributed by atoms with Crippen LogP contribution < -0.4 is 0 Å². The highest BCUT2D eigenvalue weighted by Crippen LogP contribution is 2.03. The van der Waals surface area contributed by atoms with Gasteiger partial charge in [0.05, 0.1) is 0 Å². The van der Waals surface area contributed by atoms with E-state index in [2.05, 4.69) is 26.1 Å². The average molecular weight is 223 g/mol. The lowest BCUT2D eigenvalue weighted by molar-refractivity contribution is 1.36. The van der Waals surface area contributed by atoms with E-state index in [1.54, 1.807) is 5.67 Å². The first kappa shape index (κ1) is 29.2. The Morgan fingerprint density at radius 1 is 1.23 bits per heavy atom. The highest BCUT2D eigenvalue weighted by atomic mass is 28.3. The van der Waals surface area contributed by atoms with E-state index in [0.29, 0.717) is 9.52 Å². The van der Waals surface area contributed by atoms with Crippen LogP contribution in [0.3, 0.4) is 0 Å². The summed E-state index contributed by atoms with van der Waals surface area (Å²) in [5.41, 5.74) is 1.64. The predicted octanol–water partition coefficient (Wildman–Crippen LogP) is 4.14. The molecule has 2 heteroatoms. The number of hydrogen-bond acceptors (Lipinski definition) is 0. The zero-order chi connectivity index (χ0) is 7.11. The fourth-order valence-electron chi connectivity index (χ4n) is 1.13. The minimum Gasteiger partial charge on any atom is -0.103 e. The van der Waals surface area contributed by atoms with Gasteiger partial charge in [-0.3, -0.25) is 0 Å². The third kappa shape index (κ3) is 18.9. The third-order valence-electron chi connectivity index (χ3n) is 1.77. The van der Waals surface area contributed by atoms with Crippen molar-refractivity contribution in [3.05, 3.63) is 12.7 Å². The van der Waals surface area contributed by atoms with Crippen LogP contribution in [0.25, 0.3) is 0 Å². The van der Waals surface area contributed by atoms with Gasteiger partial charge in [-0.05, 0) is 6.04 Å². The lowest BCUT2D eigenvalue weighted by atomic mass is 10.8. The van der Waals surface area contributed by atoms with E-state index in [0.717, 1.165) is 0 Å². The van der Waals surface area contributed by atoms with Crippen molar-refractivity contribution in [2.75, 3.05) is 0 Å². The lowest BCUT2D eigenvalue weighted by Crippen LogP contribution is -2.10. The Bertz CT molecular complexity index is 72.5. The van der Waals surface area contributed by atoms with Gasteiger partial charge < -0.3 is 0 Å². The van der Waals surface area contributed by atoms with Crippen LogP contribution in [-0.2, 0) is 0 Å². The molecular weight excluding hydrogens is 188 g/mol. The molecule has 13 heavy (non-hydrogen) atoms. The van der Waals surface area contributed by atoms with Gasteiger partial charge in [-0.1, -0.05) is 61.0 Å². The van der Waals surface area contributed by atoms with Crippen molar-refractivity contribution >= 4 is 18.3 Å². The summed E-state index contributed by atoms with van der Waals surface area (Å²) in [6.07, 6.45) is 2.12. The Kier molecular flexibility index (Phi) is 51.1. The molecule has 0 aromatic rings. The smallest absolute Gasteiger partial charge is 0.0372 e. The maximum Gasteiger partial charge on any atom is 0.0372 e. The van der Waals surface area contributed by atoms with Crippen molar-refractivity contribution in [1.82, 2.24) is 0 Å². The summed E-state index contributed by atoms with van der Waals surface area (Å²) >= 11 is 0. The van der Waals surface area contributed by atoms with Gasteiger partial charge in [0.25, 0.3) is 0 Å². The van der Waals surface area contributed by atoms with Crippen molar-refractivity contribution in [2.24, 2.45) is 0 Å². The quantitative estimate of drug-likeness (QED) is 0.484. The second-order valence-electron chi connectivity index (χ2n) is 2.59. The summed E-state index contributed by atoms with van der Waals surface area (Å²) in [6.45, 7) is 8.53. The largest absolute Gasteiger partial charge is 0.103 e. The van der Waals surface area contributed by atoms with Gasteiger partial charge in [-0.2, -0.15) is 0 Å². The van der Waals surface area contributed by atoms with Gasteiger partial charge in [0.15, 0.2) is 0 Å². The first-order valence-electron chi connectivity index (χ1n) is 3.96. The molecule has 0 aliphatic carbocycles.